The maximum Gasteiger partial charge on any atom is 0.257 e. The van der Waals surface area contributed by atoms with Crippen LogP contribution in [0.1, 0.15) is 27.0 Å². The van der Waals surface area contributed by atoms with Crippen LogP contribution in [0.3, 0.4) is 0 Å². The molecule has 0 unspecified atom stereocenters. The normalized spacial score (nSPS) is 13.0. The van der Waals surface area contributed by atoms with Gasteiger partial charge in [0.2, 0.25) is 5.91 Å². The molecule has 0 atom stereocenters. The molecule has 2 N–H and O–H groups in total. The number of likely N-dealkylation sites (N-methyl/N-ethyl adjacent to an activating group) is 1. The Morgan fingerprint density at radius 3 is 2.59 bits per heavy atom. The van der Waals surface area contributed by atoms with E-state index < -0.39 is 0 Å². The molecule has 0 aromatic heterocycles. The van der Waals surface area contributed by atoms with Gasteiger partial charge >= 0.3 is 0 Å². The van der Waals surface area contributed by atoms with Gasteiger partial charge < -0.3 is 20.0 Å². The molecule has 0 spiro atoms. The van der Waals surface area contributed by atoms with Crippen LogP contribution >= 0.6 is 0 Å². The van der Waals surface area contributed by atoms with Crippen molar-refractivity contribution < 1.29 is 19.8 Å². The molecule has 1 aliphatic rings. The Morgan fingerprint density at radius 1 is 1.15 bits per heavy atom. The van der Waals surface area contributed by atoms with Crippen molar-refractivity contribution in [1.82, 2.24) is 4.90 Å². The molecule has 140 valence electrons. The van der Waals surface area contributed by atoms with Crippen LogP contribution in [0.4, 0.5) is 5.69 Å². The van der Waals surface area contributed by atoms with Gasteiger partial charge in [-0.1, -0.05) is 12.6 Å². The van der Waals surface area contributed by atoms with E-state index in [0.29, 0.717) is 25.1 Å². The average Bonchev–Trinajstić information content (AvgIpc) is 2.68. The largest absolute Gasteiger partial charge is 0.508 e. The lowest BCUT2D eigenvalue weighted by molar-refractivity contribution is -0.113. The number of phenolic OH excluding ortho intramolecular Hbond substituents is 2. The van der Waals surface area contributed by atoms with Crippen molar-refractivity contribution in [1.29, 1.82) is 0 Å². The Labute approximate surface area is 158 Å². The highest BCUT2D eigenvalue weighted by Crippen LogP contribution is 2.30. The zero-order valence-electron chi connectivity index (χ0n) is 15.4. The van der Waals surface area contributed by atoms with Crippen molar-refractivity contribution in [3.05, 3.63) is 65.2 Å². The zero-order valence-corrected chi connectivity index (χ0v) is 15.4. The van der Waals surface area contributed by atoms with Crippen molar-refractivity contribution in [2.24, 2.45) is 0 Å². The van der Waals surface area contributed by atoms with E-state index in [1.54, 1.807) is 18.9 Å². The van der Waals surface area contributed by atoms with Crippen LogP contribution in [0, 0.1) is 6.92 Å². The van der Waals surface area contributed by atoms with Crippen LogP contribution in [0.15, 0.2) is 43.0 Å². The van der Waals surface area contributed by atoms with Crippen LogP contribution in [0.2, 0.25) is 0 Å². The number of benzene rings is 2. The van der Waals surface area contributed by atoms with Crippen molar-refractivity contribution in [3.8, 4) is 11.5 Å². The number of amides is 2. The number of anilines is 1. The predicted octanol–water partition coefficient (Wildman–Crippen LogP) is 2.75. The van der Waals surface area contributed by atoms with Crippen LogP contribution < -0.4 is 4.90 Å². The standard InChI is InChI=1S/C21H22N2O4/c1-4-20(26)22(3)16-6-5-14-7-8-23(12-15(14)10-16)21(27)17-9-13(2)18(24)11-19(17)25/h4-6,9-11,24-25H,1,7-8,12H2,2-3H3. The Balaban J connectivity index is 1.87. The molecule has 27 heavy (non-hydrogen) atoms. The summed E-state index contributed by atoms with van der Waals surface area (Å²) in [6, 6.07) is 8.44. The summed E-state index contributed by atoms with van der Waals surface area (Å²) in [5.41, 5.74) is 3.53. The molecule has 6 heteroatoms. The van der Waals surface area contributed by atoms with Crippen molar-refractivity contribution in [2.45, 2.75) is 19.9 Å². The molecule has 0 bridgehead atoms. The molecule has 2 aromatic carbocycles. The summed E-state index contributed by atoms with van der Waals surface area (Å²) in [6.07, 6.45) is 1.95. The van der Waals surface area contributed by atoms with Gasteiger partial charge in [0.15, 0.2) is 0 Å². The Kier molecular flexibility index (Phi) is 4.90. The minimum Gasteiger partial charge on any atom is -0.508 e. The third-order valence-corrected chi connectivity index (χ3v) is 4.93. The molecule has 0 fully saturated rings. The first-order valence-electron chi connectivity index (χ1n) is 8.65. The maximum atomic E-state index is 12.9. The van der Waals surface area contributed by atoms with E-state index in [9.17, 15) is 19.8 Å². The average molecular weight is 366 g/mol. The third kappa shape index (κ3) is 3.51. The first-order valence-corrected chi connectivity index (χ1v) is 8.65. The van der Waals surface area contributed by atoms with Gasteiger partial charge in [0.05, 0.1) is 5.56 Å². The van der Waals surface area contributed by atoms with E-state index >= 15 is 0 Å². The molecule has 0 saturated heterocycles. The Morgan fingerprint density at radius 2 is 1.89 bits per heavy atom. The first-order chi connectivity index (χ1) is 12.8. The van der Waals surface area contributed by atoms with Crippen LogP contribution in [-0.4, -0.2) is 40.5 Å². The molecule has 0 radical (unpaired) electrons. The lowest BCUT2D eigenvalue weighted by Gasteiger charge is -2.30. The highest BCUT2D eigenvalue weighted by molar-refractivity contribution is 6.00. The second kappa shape index (κ2) is 7.15. The number of carbonyl (C=O) groups excluding carboxylic acids is 2. The number of phenols is 2. The predicted molar refractivity (Wildman–Crippen MR) is 103 cm³/mol. The molecule has 1 aliphatic heterocycles. The van der Waals surface area contributed by atoms with Crippen LogP contribution in [0.5, 0.6) is 11.5 Å². The lowest BCUT2D eigenvalue weighted by atomic mass is 9.97. The third-order valence-electron chi connectivity index (χ3n) is 4.93. The SMILES string of the molecule is C=CC(=O)N(C)c1ccc2c(c1)CN(C(=O)c1cc(C)c(O)cc1O)CC2. The van der Waals surface area contributed by atoms with E-state index in [1.807, 2.05) is 18.2 Å². The summed E-state index contributed by atoms with van der Waals surface area (Å²) >= 11 is 0. The fraction of sp³-hybridized carbons (Fsp3) is 0.238. The lowest BCUT2D eigenvalue weighted by Crippen LogP contribution is -2.36. The number of rotatable bonds is 3. The molecule has 3 rings (SSSR count). The van der Waals surface area contributed by atoms with E-state index in [-0.39, 0.29) is 28.9 Å². The number of fused-ring (bicyclic) bond motifs is 1. The fourth-order valence-corrected chi connectivity index (χ4v) is 3.22. The Hall–Kier alpha value is -3.28. The summed E-state index contributed by atoms with van der Waals surface area (Å²) in [4.78, 5) is 27.9. The molecule has 2 aromatic rings. The number of hydrogen-bond acceptors (Lipinski definition) is 4. The van der Waals surface area contributed by atoms with Gasteiger partial charge in [0.1, 0.15) is 11.5 Å². The second-order valence-electron chi connectivity index (χ2n) is 6.69. The summed E-state index contributed by atoms with van der Waals surface area (Å²) < 4.78 is 0. The van der Waals surface area contributed by atoms with E-state index in [4.69, 9.17) is 0 Å². The topological polar surface area (TPSA) is 81.1 Å². The second-order valence-corrected chi connectivity index (χ2v) is 6.69. The number of carbonyl (C=O) groups is 2. The molecular weight excluding hydrogens is 344 g/mol. The molecule has 0 saturated carbocycles. The minimum atomic E-state index is -0.290. The fourth-order valence-electron chi connectivity index (χ4n) is 3.22. The highest BCUT2D eigenvalue weighted by atomic mass is 16.3. The summed E-state index contributed by atoms with van der Waals surface area (Å²) in [7, 11) is 1.68. The van der Waals surface area contributed by atoms with Gasteiger partial charge in [-0.25, -0.2) is 0 Å². The quantitative estimate of drug-likeness (QED) is 0.819. The smallest absolute Gasteiger partial charge is 0.257 e. The first kappa shape index (κ1) is 18.5. The molecule has 2 amide bonds. The van der Waals surface area contributed by atoms with Crippen LogP contribution in [-0.2, 0) is 17.8 Å². The summed E-state index contributed by atoms with van der Waals surface area (Å²) in [5.74, 6) is -0.781. The number of hydrogen-bond donors (Lipinski definition) is 2. The van der Waals surface area contributed by atoms with Gasteiger partial charge in [-0.05, 0) is 54.3 Å². The van der Waals surface area contributed by atoms with Gasteiger partial charge in [0.25, 0.3) is 5.91 Å². The summed E-state index contributed by atoms with van der Waals surface area (Å²) in [6.45, 7) is 6.10. The molecule has 1 heterocycles. The zero-order chi connectivity index (χ0) is 19.7. The molecule has 0 aliphatic carbocycles. The monoisotopic (exact) mass is 366 g/mol. The molecule has 6 nitrogen and oxygen atoms in total. The van der Waals surface area contributed by atoms with Crippen molar-refractivity contribution in [2.75, 3.05) is 18.5 Å². The number of aryl methyl sites for hydroxylation is 1. The Bertz CT molecular complexity index is 936. The van der Waals surface area contributed by atoms with Gasteiger partial charge in [0, 0.05) is 31.9 Å². The number of nitrogens with zero attached hydrogens (tertiary/aromatic N) is 2. The van der Waals surface area contributed by atoms with Gasteiger partial charge in [-0.2, -0.15) is 0 Å². The minimum absolute atomic E-state index is 0.0485. The van der Waals surface area contributed by atoms with E-state index in [1.165, 1.54) is 23.1 Å². The molecular formula is C21H22N2O4. The highest BCUT2D eigenvalue weighted by Gasteiger charge is 2.25. The van der Waals surface area contributed by atoms with Crippen LogP contribution in [0.25, 0.3) is 0 Å². The van der Waals surface area contributed by atoms with E-state index in [2.05, 4.69) is 6.58 Å². The summed E-state index contributed by atoms with van der Waals surface area (Å²) in [5, 5.41) is 19.7. The van der Waals surface area contributed by atoms with Gasteiger partial charge in [-0.3, -0.25) is 9.59 Å². The van der Waals surface area contributed by atoms with E-state index in [0.717, 1.165) is 16.8 Å². The number of aromatic hydroxyl groups is 2. The van der Waals surface area contributed by atoms with Crippen molar-refractivity contribution in [3.63, 3.8) is 0 Å². The van der Waals surface area contributed by atoms with Crippen molar-refractivity contribution >= 4 is 17.5 Å². The van der Waals surface area contributed by atoms with Gasteiger partial charge in [-0.15, -0.1) is 0 Å². The maximum absolute atomic E-state index is 12.9.